The number of hydrogen-bond donors (Lipinski definition) is 1. The summed E-state index contributed by atoms with van der Waals surface area (Å²) < 4.78 is 0. The summed E-state index contributed by atoms with van der Waals surface area (Å²) in [6.07, 6.45) is 19.0. The average Bonchev–Trinajstić information content (AvgIpc) is 3.03. The third-order valence-electron chi connectivity index (χ3n) is 10.2. The lowest BCUT2D eigenvalue weighted by molar-refractivity contribution is -0.0540. The fraction of sp³-hybridized carbons (Fsp3) is 0.852. The molecule has 1 nitrogen and oxygen atoms in total. The average molecular weight is 385 g/mol. The van der Waals surface area contributed by atoms with Crippen molar-refractivity contribution in [3.63, 3.8) is 0 Å². The largest absolute Gasteiger partial charge is 0.393 e. The van der Waals surface area contributed by atoms with Crippen molar-refractivity contribution in [1.29, 1.82) is 0 Å². The van der Waals surface area contributed by atoms with Crippen LogP contribution in [-0.2, 0) is 0 Å². The molecule has 9 atom stereocenters. The molecule has 0 bridgehead atoms. The van der Waals surface area contributed by atoms with Crippen molar-refractivity contribution in [1.82, 2.24) is 0 Å². The standard InChI is InChI=1S/C27H44O/c1-6-18(2)7-8-19(3)23-11-12-24-22-10-9-20-17-21(28)13-15-26(20,4)25(22)14-16-27(23,24)5/h7-9,18-19,21-25,28H,6,10-17H2,1-5H3/t18-,19-,21+,22+,23-,24+,25+,26+,27-/m1/s1. The second kappa shape index (κ2) is 7.60. The van der Waals surface area contributed by atoms with Gasteiger partial charge in [-0.2, -0.15) is 0 Å². The summed E-state index contributed by atoms with van der Waals surface area (Å²) in [5, 5.41) is 10.2. The van der Waals surface area contributed by atoms with Gasteiger partial charge < -0.3 is 5.11 Å². The zero-order valence-corrected chi connectivity index (χ0v) is 19.1. The highest BCUT2D eigenvalue weighted by molar-refractivity contribution is 5.25. The fourth-order valence-corrected chi connectivity index (χ4v) is 8.18. The van der Waals surface area contributed by atoms with Gasteiger partial charge in [-0.3, -0.25) is 0 Å². The summed E-state index contributed by atoms with van der Waals surface area (Å²) in [7, 11) is 0. The van der Waals surface area contributed by atoms with Crippen LogP contribution in [0.5, 0.6) is 0 Å². The Labute approximate surface area is 174 Å². The number of aliphatic hydroxyl groups is 1. The van der Waals surface area contributed by atoms with Gasteiger partial charge >= 0.3 is 0 Å². The van der Waals surface area contributed by atoms with Gasteiger partial charge in [-0.05, 0) is 97.7 Å². The van der Waals surface area contributed by atoms with Crippen molar-refractivity contribution < 1.29 is 5.11 Å². The molecule has 158 valence electrons. The molecule has 1 N–H and O–H groups in total. The van der Waals surface area contributed by atoms with E-state index in [9.17, 15) is 5.11 Å². The molecule has 0 aromatic rings. The summed E-state index contributed by atoms with van der Waals surface area (Å²) in [6, 6.07) is 0. The van der Waals surface area contributed by atoms with Crippen LogP contribution in [0.4, 0.5) is 0 Å². The molecule has 4 aliphatic rings. The predicted octanol–water partition coefficient (Wildman–Crippen LogP) is 7.16. The van der Waals surface area contributed by atoms with Crippen LogP contribution in [0.3, 0.4) is 0 Å². The zero-order chi connectivity index (χ0) is 20.1. The Kier molecular flexibility index (Phi) is 5.62. The number of hydrogen-bond acceptors (Lipinski definition) is 1. The summed E-state index contributed by atoms with van der Waals surface area (Å²) in [6.45, 7) is 12.3. The van der Waals surface area contributed by atoms with Gasteiger partial charge in [0.1, 0.15) is 0 Å². The van der Waals surface area contributed by atoms with E-state index in [0.29, 0.717) is 16.7 Å². The third kappa shape index (κ3) is 3.24. The van der Waals surface area contributed by atoms with E-state index in [1.165, 1.54) is 44.9 Å². The molecular weight excluding hydrogens is 340 g/mol. The normalized spacial score (nSPS) is 47.8. The van der Waals surface area contributed by atoms with Crippen molar-refractivity contribution in [3.05, 3.63) is 23.8 Å². The number of fused-ring (bicyclic) bond motifs is 5. The van der Waals surface area contributed by atoms with Crippen molar-refractivity contribution >= 4 is 0 Å². The lowest BCUT2D eigenvalue weighted by Gasteiger charge is -2.58. The van der Waals surface area contributed by atoms with Gasteiger partial charge in [0, 0.05) is 0 Å². The molecule has 4 rings (SSSR count). The minimum Gasteiger partial charge on any atom is -0.393 e. The molecule has 4 aliphatic carbocycles. The first-order valence-corrected chi connectivity index (χ1v) is 12.4. The molecule has 0 saturated heterocycles. The Morgan fingerprint density at radius 3 is 2.61 bits per heavy atom. The molecule has 0 aromatic carbocycles. The second-order valence-corrected chi connectivity index (χ2v) is 11.5. The number of aliphatic hydroxyl groups excluding tert-OH is 1. The Balaban J connectivity index is 1.54. The molecule has 3 saturated carbocycles. The van der Waals surface area contributed by atoms with Crippen molar-refractivity contribution in [2.75, 3.05) is 0 Å². The van der Waals surface area contributed by atoms with E-state index < -0.39 is 0 Å². The van der Waals surface area contributed by atoms with Crippen LogP contribution in [-0.4, -0.2) is 11.2 Å². The van der Waals surface area contributed by atoms with E-state index in [-0.39, 0.29) is 6.10 Å². The van der Waals surface area contributed by atoms with Crippen molar-refractivity contribution in [2.45, 2.75) is 98.5 Å². The molecule has 3 fully saturated rings. The van der Waals surface area contributed by atoms with Crippen molar-refractivity contribution in [3.8, 4) is 0 Å². The molecule has 0 radical (unpaired) electrons. The molecule has 0 amide bonds. The predicted molar refractivity (Wildman–Crippen MR) is 119 cm³/mol. The van der Waals surface area contributed by atoms with Gasteiger partial charge in [0.25, 0.3) is 0 Å². The SMILES string of the molecule is CC[C@@H](C)C=C[C@@H](C)[C@H]1CC[C@H]2[C@@H]3CC=C4C[C@@H](O)CC[C@]4(C)[C@H]3CC[C@]12C. The van der Waals surface area contributed by atoms with E-state index in [4.69, 9.17) is 0 Å². The van der Waals surface area contributed by atoms with E-state index in [2.05, 4.69) is 52.8 Å². The van der Waals surface area contributed by atoms with Gasteiger partial charge in [-0.25, -0.2) is 0 Å². The number of allylic oxidation sites excluding steroid dienone is 3. The van der Waals surface area contributed by atoms with Crippen LogP contribution >= 0.6 is 0 Å². The molecule has 0 heterocycles. The summed E-state index contributed by atoms with van der Waals surface area (Å²) >= 11 is 0. The Morgan fingerprint density at radius 1 is 1.07 bits per heavy atom. The molecule has 0 aromatic heterocycles. The molecular formula is C27H44O. The van der Waals surface area contributed by atoms with Crippen LogP contribution in [0.25, 0.3) is 0 Å². The lowest BCUT2D eigenvalue weighted by Crippen LogP contribution is -2.50. The zero-order valence-electron chi connectivity index (χ0n) is 19.1. The Hall–Kier alpha value is -0.560. The first-order chi connectivity index (χ1) is 13.3. The van der Waals surface area contributed by atoms with E-state index >= 15 is 0 Å². The minimum atomic E-state index is -0.0845. The molecule has 0 aliphatic heterocycles. The van der Waals surface area contributed by atoms with Crippen LogP contribution in [0.1, 0.15) is 92.4 Å². The quantitative estimate of drug-likeness (QED) is 0.510. The smallest absolute Gasteiger partial charge is 0.0577 e. The van der Waals surface area contributed by atoms with Gasteiger partial charge in [0.2, 0.25) is 0 Å². The molecule has 28 heavy (non-hydrogen) atoms. The van der Waals surface area contributed by atoms with E-state index in [1.54, 1.807) is 5.57 Å². The molecule has 0 spiro atoms. The van der Waals surface area contributed by atoms with Crippen LogP contribution in [0, 0.1) is 46.3 Å². The van der Waals surface area contributed by atoms with Gasteiger partial charge in [-0.15, -0.1) is 0 Å². The maximum atomic E-state index is 10.2. The minimum absolute atomic E-state index is 0.0845. The fourth-order valence-electron chi connectivity index (χ4n) is 8.18. The topological polar surface area (TPSA) is 20.2 Å². The Bertz CT molecular complexity index is 632. The van der Waals surface area contributed by atoms with Gasteiger partial charge in [-0.1, -0.05) is 64.8 Å². The summed E-state index contributed by atoms with van der Waals surface area (Å²) in [4.78, 5) is 0. The van der Waals surface area contributed by atoms with E-state index in [1.807, 2.05) is 0 Å². The highest BCUT2D eigenvalue weighted by Gasteiger charge is 2.58. The molecule has 0 unspecified atom stereocenters. The van der Waals surface area contributed by atoms with Crippen LogP contribution in [0.15, 0.2) is 23.8 Å². The van der Waals surface area contributed by atoms with Gasteiger partial charge in [0.05, 0.1) is 6.10 Å². The first-order valence-electron chi connectivity index (χ1n) is 12.4. The monoisotopic (exact) mass is 384 g/mol. The maximum absolute atomic E-state index is 10.2. The van der Waals surface area contributed by atoms with Gasteiger partial charge in [0.15, 0.2) is 0 Å². The third-order valence-corrected chi connectivity index (χ3v) is 10.2. The Morgan fingerprint density at radius 2 is 1.86 bits per heavy atom. The number of rotatable bonds is 4. The second-order valence-electron chi connectivity index (χ2n) is 11.5. The van der Waals surface area contributed by atoms with Crippen LogP contribution < -0.4 is 0 Å². The van der Waals surface area contributed by atoms with E-state index in [0.717, 1.165) is 42.4 Å². The summed E-state index contributed by atoms with van der Waals surface area (Å²) in [5.41, 5.74) is 2.52. The highest BCUT2D eigenvalue weighted by Crippen LogP contribution is 2.67. The van der Waals surface area contributed by atoms with Crippen LogP contribution in [0.2, 0.25) is 0 Å². The lowest BCUT2D eigenvalue weighted by atomic mass is 9.47. The first kappa shape index (κ1) is 20.7. The summed E-state index contributed by atoms with van der Waals surface area (Å²) in [5.74, 6) is 4.96. The highest BCUT2D eigenvalue weighted by atomic mass is 16.3. The maximum Gasteiger partial charge on any atom is 0.0577 e. The van der Waals surface area contributed by atoms with Crippen molar-refractivity contribution in [2.24, 2.45) is 46.3 Å². The molecule has 1 heteroatoms.